The van der Waals surface area contributed by atoms with Crippen LogP contribution < -0.4 is 10.1 Å². The van der Waals surface area contributed by atoms with E-state index in [1.807, 2.05) is 36.4 Å². The predicted molar refractivity (Wildman–Crippen MR) is 137 cm³/mol. The highest BCUT2D eigenvalue weighted by Crippen LogP contribution is 2.40. The number of aryl methyl sites for hydroxylation is 1. The van der Waals surface area contributed by atoms with Gasteiger partial charge in [-0.15, -0.1) is 11.3 Å². The topological polar surface area (TPSA) is 44.8 Å². The summed E-state index contributed by atoms with van der Waals surface area (Å²) in [5.74, 6) is 0.784. The molecule has 3 aromatic rings. The van der Waals surface area contributed by atoms with Crippen molar-refractivity contribution in [2.24, 2.45) is 0 Å². The number of piperazine rings is 1. The van der Waals surface area contributed by atoms with Crippen molar-refractivity contribution in [2.75, 3.05) is 45.2 Å². The first kappa shape index (κ1) is 23.5. The average molecular weight is 464 g/mol. The highest BCUT2D eigenvalue weighted by molar-refractivity contribution is 7.16. The van der Waals surface area contributed by atoms with E-state index >= 15 is 0 Å². The number of carbonyl (C=O) groups excluding carboxylic acids is 1. The van der Waals surface area contributed by atoms with E-state index in [0.717, 1.165) is 49.9 Å². The van der Waals surface area contributed by atoms with Crippen molar-refractivity contribution in [3.8, 4) is 5.75 Å². The van der Waals surface area contributed by atoms with E-state index in [1.165, 1.54) is 16.0 Å². The normalized spacial score (nSPS) is 15.8. The molecular weight excluding hydrogens is 430 g/mol. The maximum atomic E-state index is 13.0. The molecule has 1 atom stereocenters. The third-order valence-electron chi connectivity index (χ3n) is 6.35. The molecular formula is C27H33N3O2S. The lowest BCUT2D eigenvalue weighted by Gasteiger charge is -2.39. The number of nitrogens with zero attached hydrogens (tertiary/aromatic N) is 2. The number of ether oxygens (including phenoxy) is 1. The molecule has 0 radical (unpaired) electrons. The molecule has 1 unspecified atom stereocenters. The Labute approximate surface area is 201 Å². The zero-order valence-corrected chi connectivity index (χ0v) is 20.5. The zero-order valence-electron chi connectivity index (χ0n) is 19.7. The van der Waals surface area contributed by atoms with Crippen molar-refractivity contribution in [1.29, 1.82) is 0 Å². The Morgan fingerprint density at radius 2 is 1.79 bits per heavy atom. The number of carbonyl (C=O) groups is 1. The maximum absolute atomic E-state index is 13.0. The Balaban J connectivity index is 1.73. The Kier molecular flexibility index (Phi) is 7.81. The van der Waals surface area contributed by atoms with Gasteiger partial charge in [0.15, 0.2) is 0 Å². The standard InChI is InChI=1S/C27H33N3O2S/c1-4-23-19-24(27(33-23)28-26(31)20-10-7-6-8-11-20)25(21-12-9-13-22(18-21)32-3)30-16-14-29(5-2)15-17-30/h6-13,18-19,25H,4-5,14-17H2,1-3H3,(H,28,31). The molecule has 6 heteroatoms. The smallest absolute Gasteiger partial charge is 0.256 e. The van der Waals surface area contributed by atoms with Gasteiger partial charge in [0.2, 0.25) is 0 Å². The quantitative estimate of drug-likeness (QED) is 0.492. The number of thiophene rings is 1. The molecule has 4 rings (SSSR count). The van der Waals surface area contributed by atoms with Gasteiger partial charge < -0.3 is 15.0 Å². The number of hydrogen-bond donors (Lipinski definition) is 1. The Bertz CT molecular complexity index is 1060. The molecule has 0 bridgehead atoms. The summed E-state index contributed by atoms with van der Waals surface area (Å²) in [6, 6.07) is 20.1. The zero-order chi connectivity index (χ0) is 23.2. The van der Waals surface area contributed by atoms with Crippen LogP contribution in [0.25, 0.3) is 0 Å². The fourth-order valence-electron chi connectivity index (χ4n) is 4.43. The molecule has 1 amide bonds. The molecule has 0 saturated carbocycles. The van der Waals surface area contributed by atoms with Crippen molar-refractivity contribution in [3.05, 3.63) is 82.2 Å². The molecule has 0 spiro atoms. The van der Waals surface area contributed by atoms with Crippen LogP contribution in [0.3, 0.4) is 0 Å². The van der Waals surface area contributed by atoms with Gasteiger partial charge in [-0.2, -0.15) is 0 Å². The second-order valence-corrected chi connectivity index (χ2v) is 9.46. The van der Waals surface area contributed by atoms with E-state index in [-0.39, 0.29) is 11.9 Å². The highest BCUT2D eigenvalue weighted by Gasteiger charge is 2.30. The second kappa shape index (κ2) is 11.0. The minimum atomic E-state index is -0.0680. The molecule has 1 aromatic heterocycles. The maximum Gasteiger partial charge on any atom is 0.256 e. The lowest BCUT2D eigenvalue weighted by molar-refractivity contribution is 0.102. The summed E-state index contributed by atoms with van der Waals surface area (Å²) in [6.07, 6.45) is 0.938. The molecule has 1 saturated heterocycles. The Morgan fingerprint density at radius 1 is 1.03 bits per heavy atom. The van der Waals surface area contributed by atoms with Crippen molar-refractivity contribution in [1.82, 2.24) is 9.80 Å². The van der Waals surface area contributed by atoms with Crippen LogP contribution in [0.5, 0.6) is 5.75 Å². The van der Waals surface area contributed by atoms with E-state index in [9.17, 15) is 4.79 Å². The summed E-state index contributed by atoms with van der Waals surface area (Å²) in [6.45, 7) is 9.53. The Hall–Kier alpha value is -2.67. The van der Waals surface area contributed by atoms with Crippen molar-refractivity contribution < 1.29 is 9.53 Å². The highest BCUT2D eigenvalue weighted by atomic mass is 32.1. The summed E-state index contributed by atoms with van der Waals surface area (Å²) in [4.78, 5) is 19.3. The van der Waals surface area contributed by atoms with Gasteiger partial charge >= 0.3 is 0 Å². The van der Waals surface area contributed by atoms with Gasteiger partial charge in [-0.1, -0.05) is 44.2 Å². The van der Waals surface area contributed by atoms with E-state index in [0.29, 0.717) is 5.56 Å². The number of rotatable bonds is 8. The van der Waals surface area contributed by atoms with Gasteiger partial charge in [-0.05, 0) is 48.9 Å². The molecule has 1 N–H and O–H groups in total. The van der Waals surface area contributed by atoms with Gasteiger partial charge in [-0.25, -0.2) is 0 Å². The molecule has 1 aliphatic rings. The van der Waals surface area contributed by atoms with Crippen LogP contribution in [0, 0.1) is 0 Å². The second-order valence-electron chi connectivity index (χ2n) is 8.32. The fourth-order valence-corrected chi connectivity index (χ4v) is 5.46. The fraction of sp³-hybridized carbons (Fsp3) is 0.370. The third kappa shape index (κ3) is 5.46. The number of anilines is 1. The summed E-state index contributed by atoms with van der Waals surface area (Å²) in [7, 11) is 1.71. The predicted octanol–water partition coefficient (Wildman–Crippen LogP) is 5.30. The van der Waals surface area contributed by atoms with E-state index in [4.69, 9.17) is 4.74 Å². The SMILES string of the molecule is CCc1cc(C(c2cccc(OC)c2)N2CCN(CC)CC2)c(NC(=O)c2ccccc2)s1. The van der Waals surface area contributed by atoms with Gasteiger partial charge in [0.25, 0.3) is 5.91 Å². The largest absolute Gasteiger partial charge is 0.497 e. The first-order valence-electron chi connectivity index (χ1n) is 11.7. The molecule has 1 fully saturated rings. The number of amides is 1. The molecule has 33 heavy (non-hydrogen) atoms. The van der Waals surface area contributed by atoms with E-state index < -0.39 is 0 Å². The Morgan fingerprint density at radius 3 is 2.45 bits per heavy atom. The lowest BCUT2D eigenvalue weighted by atomic mass is 9.97. The van der Waals surface area contributed by atoms with Crippen LogP contribution in [-0.4, -0.2) is 55.5 Å². The number of likely N-dealkylation sites (N-methyl/N-ethyl adjacent to an activating group) is 1. The van der Waals surface area contributed by atoms with Crippen LogP contribution in [0.4, 0.5) is 5.00 Å². The van der Waals surface area contributed by atoms with Gasteiger partial charge in [0.05, 0.1) is 13.2 Å². The van der Waals surface area contributed by atoms with E-state index in [1.54, 1.807) is 18.4 Å². The average Bonchev–Trinajstić information content (AvgIpc) is 3.27. The van der Waals surface area contributed by atoms with Crippen LogP contribution in [0.15, 0.2) is 60.7 Å². The van der Waals surface area contributed by atoms with Crippen LogP contribution in [0.2, 0.25) is 0 Å². The van der Waals surface area contributed by atoms with Gasteiger partial charge in [-0.3, -0.25) is 9.69 Å². The number of nitrogens with one attached hydrogen (secondary N) is 1. The lowest BCUT2D eigenvalue weighted by Crippen LogP contribution is -2.47. The first-order valence-corrected chi connectivity index (χ1v) is 12.5. The van der Waals surface area contributed by atoms with Crippen LogP contribution >= 0.6 is 11.3 Å². The third-order valence-corrected chi connectivity index (χ3v) is 7.56. The van der Waals surface area contributed by atoms with Gasteiger partial charge in [0, 0.05) is 42.2 Å². The molecule has 0 aliphatic carbocycles. The first-order chi connectivity index (χ1) is 16.1. The summed E-state index contributed by atoms with van der Waals surface area (Å²) < 4.78 is 5.55. The molecule has 1 aliphatic heterocycles. The monoisotopic (exact) mass is 463 g/mol. The van der Waals surface area contributed by atoms with Crippen LogP contribution in [0.1, 0.15) is 46.3 Å². The van der Waals surface area contributed by atoms with E-state index in [2.05, 4.69) is 53.2 Å². The number of benzene rings is 2. The summed E-state index contributed by atoms with van der Waals surface area (Å²) >= 11 is 1.68. The summed E-state index contributed by atoms with van der Waals surface area (Å²) in [5.41, 5.74) is 3.03. The molecule has 2 aromatic carbocycles. The summed E-state index contributed by atoms with van der Waals surface area (Å²) in [5, 5.41) is 4.17. The van der Waals surface area contributed by atoms with Crippen LogP contribution in [-0.2, 0) is 6.42 Å². The number of methoxy groups -OCH3 is 1. The van der Waals surface area contributed by atoms with Crippen molar-refractivity contribution in [2.45, 2.75) is 26.3 Å². The minimum absolute atomic E-state index is 0.0572. The minimum Gasteiger partial charge on any atom is -0.497 e. The molecule has 2 heterocycles. The van der Waals surface area contributed by atoms with Crippen molar-refractivity contribution in [3.63, 3.8) is 0 Å². The van der Waals surface area contributed by atoms with Crippen molar-refractivity contribution >= 4 is 22.2 Å². The van der Waals surface area contributed by atoms with Gasteiger partial charge in [0.1, 0.15) is 10.8 Å². The molecule has 174 valence electrons. The molecule has 5 nitrogen and oxygen atoms in total. The number of hydrogen-bond acceptors (Lipinski definition) is 5.